The molecule has 0 aromatic carbocycles. The van der Waals surface area contributed by atoms with Crippen LogP contribution in [0.25, 0.3) is 0 Å². The third-order valence-electron chi connectivity index (χ3n) is 4.30. The van der Waals surface area contributed by atoms with Gasteiger partial charge in [0, 0.05) is 44.8 Å². The molecule has 3 rings (SSSR count). The molecule has 2 aromatic rings. The summed E-state index contributed by atoms with van der Waals surface area (Å²) >= 11 is 0. The molecule has 1 fully saturated rings. The van der Waals surface area contributed by atoms with Crippen molar-refractivity contribution in [3.8, 4) is 5.88 Å². The van der Waals surface area contributed by atoms with Gasteiger partial charge in [-0.1, -0.05) is 0 Å². The van der Waals surface area contributed by atoms with Gasteiger partial charge < -0.3 is 19.3 Å². The van der Waals surface area contributed by atoms with Gasteiger partial charge in [0.2, 0.25) is 11.8 Å². The van der Waals surface area contributed by atoms with Crippen LogP contribution in [0.3, 0.4) is 0 Å². The lowest BCUT2D eigenvalue weighted by Gasteiger charge is -2.34. The maximum Gasteiger partial charge on any atom is 0.228 e. The van der Waals surface area contributed by atoms with Gasteiger partial charge in [-0.3, -0.25) is 0 Å². The van der Waals surface area contributed by atoms with E-state index in [1.165, 1.54) is 0 Å². The monoisotopic (exact) mass is 317 g/mol. The molecule has 1 N–H and O–H groups in total. The van der Waals surface area contributed by atoms with Crippen molar-refractivity contribution in [1.82, 2.24) is 19.5 Å². The van der Waals surface area contributed by atoms with Crippen LogP contribution in [0.1, 0.15) is 31.7 Å². The molecule has 1 aliphatic heterocycles. The molecule has 1 saturated heterocycles. The van der Waals surface area contributed by atoms with Crippen LogP contribution in [0.4, 0.5) is 5.95 Å². The third kappa shape index (κ3) is 3.44. The van der Waals surface area contributed by atoms with Crippen molar-refractivity contribution in [1.29, 1.82) is 0 Å². The zero-order valence-corrected chi connectivity index (χ0v) is 13.6. The largest absolute Gasteiger partial charge is 0.478 e. The van der Waals surface area contributed by atoms with E-state index in [0.717, 1.165) is 31.8 Å². The number of imidazole rings is 1. The fourth-order valence-electron chi connectivity index (χ4n) is 3.00. The van der Waals surface area contributed by atoms with Crippen molar-refractivity contribution < 1.29 is 9.84 Å². The number of aliphatic hydroxyl groups excluding tert-OH is 1. The highest BCUT2D eigenvalue weighted by atomic mass is 16.5. The van der Waals surface area contributed by atoms with Crippen LogP contribution in [-0.2, 0) is 7.05 Å². The van der Waals surface area contributed by atoms with E-state index in [4.69, 9.17) is 4.74 Å². The van der Waals surface area contributed by atoms with Gasteiger partial charge in [0.25, 0.3) is 0 Å². The molecule has 23 heavy (non-hydrogen) atoms. The SMILES string of the molecule is CCOc1ccnc(N2CCC(C(O)c3nccn3C)CC2)n1. The molecular formula is C16H23N5O2. The van der Waals surface area contributed by atoms with E-state index in [-0.39, 0.29) is 5.92 Å². The predicted octanol–water partition coefficient (Wildman–Crippen LogP) is 1.56. The molecule has 7 heteroatoms. The first kappa shape index (κ1) is 15.7. The number of hydrogen-bond donors (Lipinski definition) is 1. The van der Waals surface area contributed by atoms with Gasteiger partial charge in [-0.25, -0.2) is 9.97 Å². The molecule has 0 aliphatic carbocycles. The Labute approximate surface area is 136 Å². The molecule has 0 saturated carbocycles. The number of hydrogen-bond acceptors (Lipinski definition) is 6. The normalized spacial score (nSPS) is 17.3. The summed E-state index contributed by atoms with van der Waals surface area (Å²) < 4.78 is 7.31. The Bertz CT molecular complexity index is 637. The average Bonchev–Trinajstić information content (AvgIpc) is 3.01. The maximum atomic E-state index is 10.5. The average molecular weight is 317 g/mol. The van der Waals surface area contributed by atoms with E-state index >= 15 is 0 Å². The van der Waals surface area contributed by atoms with E-state index in [2.05, 4.69) is 19.9 Å². The van der Waals surface area contributed by atoms with Crippen molar-refractivity contribution in [3.63, 3.8) is 0 Å². The second-order valence-corrected chi connectivity index (χ2v) is 5.79. The molecule has 1 atom stereocenters. The first-order valence-corrected chi connectivity index (χ1v) is 8.05. The summed E-state index contributed by atoms with van der Waals surface area (Å²) in [5.41, 5.74) is 0. The number of aliphatic hydroxyl groups is 1. The van der Waals surface area contributed by atoms with Gasteiger partial charge in [-0.05, 0) is 25.7 Å². The van der Waals surface area contributed by atoms with Crippen LogP contribution < -0.4 is 9.64 Å². The van der Waals surface area contributed by atoms with E-state index < -0.39 is 6.10 Å². The Hall–Kier alpha value is -2.15. The number of piperidine rings is 1. The minimum absolute atomic E-state index is 0.211. The van der Waals surface area contributed by atoms with Gasteiger partial charge in [-0.15, -0.1) is 0 Å². The molecule has 7 nitrogen and oxygen atoms in total. The standard InChI is InChI=1S/C16H23N5O2/c1-3-23-13-4-7-18-16(19-13)21-9-5-12(6-10-21)14(22)15-17-8-11-20(15)2/h4,7-8,11-12,14,22H,3,5-6,9-10H2,1-2H3. The number of aromatic nitrogens is 4. The Balaban J connectivity index is 1.62. The summed E-state index contributed by atoms with van der Waals surface area (Å²) in [4.78, 5) is 15.2. The first-order chi connectivity index (χ1) is 11.2. The molecule has 3 heterocycles. The van der Waals surface area contributed by atoms with Crippen molar-refractivity contribution in [2.45, 2.75) is 25.9 Å². The lowest BCUT2D eigenvalue weighted by Crippen LogP contribution is -2.37. The fraction of sp³-hybridized carbons (Fsp3) is 0.562. The Morgan fingerprint density at radius 1 is 1.30 bits per heavy atom. The lowest BCUT2D eigenvalue weighted by molar-refractivity contribution is 0.0823. The third-order valence-corrected chi connectivity index (χ3v) is 4.30. The molecule has 0 radical (unpaired) electrons. The molecule has 124 valence electrons. The Kier molecular flexibility index (Phi) is 4.76. The van der Waals surface area contributed by atoms with Gasteiger partial charge >= 0.3 is 0 Å². The minimum Gasteiger partial charge on any atom is -0.478 e. The second-order valence-electron chi connectivity index (χ2n) is 5.79. The van der Waals surface area contributed by atoms with E-state index in [1.807, 2.05) is 24.7 Å². The van der Waals surface area contributed by atoms with E-state index in [0.29, 0.717) is 18.4 Å². The van der Waals surface area contributed by atoms with Crippen LogP contribution >= 0.6 is 0 Å². The zero-order chi connectivity index (χ0) is 16.2. The zero-order valence-electron chi connectivity index (χ0n) is 13.6. The van der Waals surface area contributed by atoms with Crippen molar-refractivity contribution in [2.75, 3.05) is 24.6 Å². The Morgan fingerprint density at radius 2 is 2.09 bits per heavy atom. The summed E-state index contributed by atoms with van der Waals surface area (Å²) in [6.45, 7) is 4.17. The molecule has 0 bridgehead atoms. The van der Waals surface area contributed by atoms with E-state index in [1.54, 1.807) is 18.5 Å². The van der Waals surface area contributed by atoms with Gasteiger partial charge in [-0.2, -0.15) is 4.98 Å². The van der Waals surface area contributed by atoms with Crippen molar-refractivity contribution in [2.24, 2.45) is 13.0 Å². The molecule has 2 aromatic heterocycles. The molecule has 1 unspecified atom stereocenters. The number of anilines is 1. The summed E-state index contributed by atoms with van der Waals surface area (Å²) in [6, 6.07) is 1.77. The summed E-state index contributed by atoms with van der Waals surface area (Å²) in [7, 11) is 1.91. The summed E-state index contributed by atoms with van der Waals surface area (Å²) in [6.07, 6.45) is 6.56. The van der Waals surface area contributed by atoms with Crippen molar-refractivity contribution >= 4 is 5.95 Å². The molecular weight excluding hydrogens is 294 g/mol. The number of nitrogens with zero attached hydrogens (tertiary/aromatic N) is 5. The maximum absolute atomic E-state index is 10.5. The predicted molar refractivity (Wildman–Crippen MR) is 86.3 cm³/mol. The number of aryl methyl sites for hydroxylation is 1. The summed E-state index contributed by atoms with van der Waals surface area (Å²) in [5, 5.41) is 10.5. The van der Waals surface area contributed by atoms with Gasteiger partial charge in [0.05, 0.1) is 6.61 Å². The topological polar surface area (TPSA) is 76.3 Å². The van der Waals surface area contributed by atoms with Crippen LogP contribution in [0.15, 0.2) is 24.7 Å². The van der Waals surface area contributed by atoms with Crippen LogP contribution in [-0.4, -0.2) is 44.3 Å². The van der Waals surface area contributed by atoms with Gasteiger partial charge in [0.15, 0.2) is 0 Å². The first-order valence-electron chi connectivity index (χ1n) is 8.05. The van der Waals surface area contributed by atoms with Crippen LogP contribution in [0.2, 0.25) is 0 Å². The highest BCUT2D eigenvalue weighted by Gasteiger charge is 2.29. The van der Waals surface area contributed by atoms with Crippen LogP contribution in [0, 0.1) is 5.92 Å². The molecule has 0 amide bonds. The van der Waals surface area contributed by atoms with Crippen molar-refractivity contribution in [3.05, 3.63) is 30.5 Å². The quantitative estimate of drug-likeness (QED) is 0.902. The smallest absolute Gasteiger partial charge is 0.228 e. The van der Waals surface area contributed by atoms with E-state index in [9.17, 15) is 5.11 Å². The fourth-order valence-corrected chi connectivity index (χ4v) is 3.00. The minimum atomic E-state index is -0.521. The van der Waals surface area contributed by atoms with Crippen LogP contribution in [0.5, 0.6) is 5.88 Å². The molecule has 0 spiro atoms. The lowest BCUT2D eigenvalue weighted by atomic mass is 9.91. The second kappa shape index (κ2) is 6.95. The highest BCUT2D eigenvalue weighted by molar-refractivity contribution is 5.32. The Morgan fingerprint density at radius 3 is 2.74 bits per heavy atom. The number of ether oxygens (including phenoxy) is 1. The summed E-state index contributed by atoms with van der Waals surface area (Å²) in [5.74, 6) is 2.24. The molecule has 1 aliphatic rings. The van der Waals surface area contributed by atoms with Gasteiger partial charge in [0.1, 0.15) is 11.9 Å². The highest BCUT2D eigenvalue weighted by Crippen LogP contribution is 2.30. The number of rotatable bonds is 5.